The highest BCUT2D eigenvalue weighted by molar-refractivity contribution is 9.10. The average molecular weight is 264 g/mol. The maximum absolute atomic E-state index is 4.42. The van der Waals surface area contributed by atoms with Crippen LogP contribution in [0.5, 0.6) is 0 Å². The molecular weight excluding hydrogens is 254 g/mol. The fourth-order valence-corrected chi connectivity index (χ4v) is 1.69. The third-order valence-corrected chi connectivity index (χ3v) is 2.39. The Morgan fingerprint density at radius 1 is 1.20 bits per heavy atom. The summed E-state index contributed by atoms with van der Waals surface area (Å²) in [5.41, 5.74) is 1.73. The minimum absolute atomic E-state index is 0.801. The molecule has 2 rings (SSSR count). The molecule has 0 amide bonds. The van der Waals surface area contributed by atoms with Crippen molar-refractivity contribution in [1.29, 1.82) is 0 Å². The molecule has 0 aliphatic heterocycles. The van der Waals surface area contributed by atoms with Crippen molar-refractivity contribution in [2.45, 2.75) is 13.3 Å². The molecule has 15 heavy (non-hydrogen) atoms. The lowest BCUT2D eigenvalue weighted by atomic mass is 10.2. The summed E-state index contributed by atoms with van der Waals surface area (Å²) >= 11 is 3.37. The molecule has 0 bridgehead atoms. The van der Waals surface area contributed by atoms with Crippen LogP contribution in [0.25, 0.3) is 11.4 Å². The van der Waals surface area contributed by atoms with Gasteiger partial charge in [0.05, 0.1) is 11.4 Å². The Morgan fingerprint density at radius 3 is 2.73 bits per heavy atom. The summed E-state index contributed by atoms with van der Waals surface area (Å²) in [6.45, 7) is 2.03. The maximum Gasteiger partial charge on any atom is 0.130 e. The maximum atomic E-state index is 4.42. The van der Waals surface area contributed by atoms with Crippen LogP contribution in [0.1, 0.15) is 12.7 Å². The number of rotatable bonds is 2. The van der Waals surface area contributed by atoms with Gasteiger partial charge in [-0.25, -0.2) is 9.97 Å². The van der Waals surface area contributed by atoms with E-state index < -0.39 is 0 Å². The predicted octanol–water partition coefficient (Wildman–Crippen LogP) is 2.86. The largest absolute Gasteiger partial charge is 0.255 e. The molecule has 0 N–H and O–H groups in total. The quantitative estimate of drug-likeness (QED) is 0.783. The summed E-state index contributed by atoms with van der Waals surface area (Å²) in [6, 6.07) is 7.65. The van der Waals surface area contributed by atoms with Crippen molar-refractivity contribution in [1.82, 2.24) is 15.0 Å². The lowest BCUT2D eigenvalue weighted by Gasteiger charge is -2.02. The lowest BCUT2D eigenvalue weighted by molar-refractivity contribution is 0.929. The van der Waals surface area contributed by atoms with Crippen LogP contribution >= 0.6 is 15.9 Å². The van der Waals surface area contributed by atoms with Crippen LogP contribution in [0.4, 0.5) is 0 Å². The fraction of sp³-hybridized carbons (Fsp3) is 0.182. The number of hydrogen-bond donors (Lipinski definition) is 0. The van der Waals surface area contributed by atoms with Gasteiger partial charge in [-0.1, -0.05) is 13.0 Å². The van der Waals surface area contributed by atoms with Gasteiger partial charge in [-0.15, -0.1) is 0 Å². The van der Waals surface area contributed by atoms with Crippen LogP contribution in [-0.2, 0) is 6.42 Å². The third kappa shape index (κ3) is 2.39. The van der Waals surface area contributed by atoms with Gasteiger partial charge in [0.1, 0.15) is 10.4 Å². The van der Waals surface area contributed by atoms with E-state index in [0.29, 0.717) is 0 Å². The minimum atomic E-state index is 0.801. The van der Waals surface area contributed by atoms with E-state index in [1.54, 1.807) is 6.20 Å². The molecular formula is C11H10BrN3. The Hall–Kier alpha value is -1.29. The van der Waals surface area contributed by atoms with Gasteiger partial charge in [-0.2, -0.15) is 0 Å². The second kappa shape index (κ2) is 4.49. The van der Waals surface area contributed by atoms with Crippen molar-refractivity contribution in [3.8, 4) is 11.4 Å². The van der Waals surface area contributed by atoms with Crippen molar-refractivity contribution in [2.24, 2.45) is 0 Å². The van der Waals surface area contributed by atoms with Crippen LogP contribution in [0.2, 0.25) is 0 Å². The lowest BCUT2D eigenvalue weighted by Crippen LogP contribution is -1.96. The first-order valence-electron chi connectivity index (χ1n) is 4.74. The van der Waals surface area contributed by atoms with Gasteiger partial charge in [0.25, 0.3) is 0 Å². The standard InChI is InChI=1S/C11H10BrN3/c1-2-11-14-9(7-10(12)15-11)8-5-3-4-6-13-8/h3-7H,2H2,1H3. The van der Waals surface area contributed by atoms with E-state index in [1.807, 2.05) is 31.2 Å². The second-order valence-corrected chi connectivity index (χ2v) is 3.87. The smallest absolute Gasteiger partial charge is 0.130 e. The summed E-state index contributed by atoms with van der Waals surface area (Å²) < 4.78 is 0.801. The molecule has 0 saturated heterocycles. The first kappa shape index (κ1) is 10.2. The van der Waals surface area contributed by atoms with Crippen LogP contribution in [0.15, 0.2) is 35.1 Å². The number of halogens is 1. The van der Waals surface area contributed by atoms with Crippen molar-refractivity contribution < 1.29 is 0 Å². The molecule has 0 saturated carbocycles. The first-order chi connectivity index (χ1) is 7.29. The molecule has 2 aromatic rings. The molecule has 0 unspecified atom stereocenters. The van der Waals surface area contributed by atoms with Gasteiger partial charge < -0.3 is 0 Å². The molecule has 3 nitrogen and oxygen atoms in total. The molecule has 76 valence electrons. The monoisotopic (exact) mass is 263 g/mol. The number of aryl methyl sites for hydroxylation is 1. The SMILES string of the molecule is CCc1nc(Br)cc(-c2ccccn2)n1. The molecule has 0 aromatic carbocycles. The van der Waals surface area contributed by atoms with Gasteiger partial charge in [-0.05, 0) is 34.1 Å². The molecule has 4 heteroatoms. The Kier molecular flexibility index (Phi) is 3.06. The highest BCUT2D eigenvalue weighted by atomic mass is 79.9. The van der Waals surface area contributed by atoms with E-state index >= 15 is 0 Å². The van der Waals surface area contributed by atoms with Crippen molar-refractivity contribution in [2.75, 3.05) is 0 Å². The third-order valence-electron chi connectivity index (χ3n) is 1.98. The number of hydrogen-bond acceptors (Lipinski definition) is 3. The fourth-order valence-electron chi connectivity index (χ4n) is 1.27. The van der Waals surface area contributed by atoms with E-state index in [-0.39, 0.29) is 0 Å². The van der Waals surface area contributed by atoms with E-state index in [1.165, 1.54) is 0 Å². The van der Waals surface area contributed by atoms with Gasteiger partial charge in [0, 0.05) is 12.6 Å². The van der Waals surface area contributed by atoms with E-state index in [2.05, 4.69) is 30.9 Å². The van der Waals surface area contributed by atoms with Crippen LogP contribution in [0.3, 0.4) is 0 Å². The van der Waals surface area contributed by atoms with Crippen LogP contribution < -0.4 is 0 Å². The number of pyridine rings is 1. The molecule has 2 heterocycles. The van der Waals surface area contributed by atoms with Crippen LogP contribution in [-0.4, -0.2) is 15.0 Å². The molecule has 0 aliphatic carbocycles. The Morgan fingerprint density at radius 2 is 2.07 bits per heavy atom. The minimum Gasteiger partial charge on any atom is -0.255 e. The summed E-state index contributed by atoms with van der Waals surface area (Å²) in [5, 5.41) is 0. The first-order valence-corrected chi connectivity index (χ1v) is 5.53. The Bertz CT molecular complexity index is 457. The zero-order chi connectivity index (χ0) is 10.7. The second-order valence-electron chi connectivity index (χ2n) is 3.06. The number of nitrogens with zero attached hydrogens (tertiary/aromatic N) is 3. The van der Waals surface area contributed by atoms with E-state index in [0.717, 1.165) is 28.2 Å². The number of aromatic nitrogens is 3. The van der Waals surface area contributed by atoms with E-state index in [4.69, 9.17) is 0 Å². The molecule has 0 radical (unpaired) electrons. The zero-order valence-electron chi connectivity index (χ0n) is 8.31. The topological polar surface area (TPSA) is 38.7 Å². The Balaban J connectivity index is 2.49. The Labute approximate surface area is 96.7 Å². The van der Waals surface area contributed by atoms with Gasteiger partial charge >= 0.3 is 0 Å². The molecule has 2 aromatic heterocycles. The summed E-state index contributed by atoms with van der Waals surface area (Å²) in [6.07, 6.45) is 2.58. The van der Waals surface area contributed by atoms with Crippen molar-refractivity contribution in [3.63, 3.8) is 0 Å². The average Bonchev–Trinajstić information content (AvgIpc) is 2.29. The molecule has 0 atom stereocenters. The highest BCUT2D eigenvalue weighted by Crippen LogP contribution is 2.17. The summed E-state index contributed by atoms with van der Waals surface area (Å²) in [4.78, 5) is 12.9. The van der Waals surface area contributed by atoms with E-state index in [9.17, 15) is 0 Å². The molecule has 0 fully saturated rings. The van der Waals surface area contributed by atoms with Gasteiger partial charge in [0.15, 0.2) is 0 Å². The van der Waals surface area contributed by atoms with Gasteiger partial charge in [0.2, 0.25) is 0 Å². The normalized spacial score (nSPS) is 10.3. The van der Waals surface area contributed by atoms with Gasteiger partial charge in [-0.3, -0.25) is 4.98 Å². The van der Waals surface area contributed by atoms with Crippen LogP contribution in [0, 0.1) is 0 Å². The summed E-state index contributed by atoms with van der Waals surface area (Å²) in [5.74, 6) is 0.824. The molecule has 0 spiro atoms. The van der Waals surface area contributed by atoms with Crippen molar-refractivity contribution in [3.05, 3.63) is 40.9 Å². The summed E-state index contributed by atoms with van der Waals surface area (Å²) in [7, 11) is 0. The molecule has 0 aliphatic rings. The van der Waals surface area contributed by atoms with Crippen molar-refractivity contribution >= 4 is 15.9 Å². The highest BCUT2D eigenvalue weighted by Gasteiger charge is 2.04. The zero-order valence-corrected chi connectivity index (χ0v) is 9.90. The predicted molar refractivity (Wildman–Crippen MR) is 62.3 cm³/mol.